The summed E-state index contributed by atoms with van der Waals surface area (Å²) in [5, 5.41) is 7.56. The van der Waals surface area contributed by atoms with Gasteiger partial charge < -0.3 is 15.0 Å². The molecule has 252 valence electrons. The number of anilines is 1. The molecule has 14 heteroatoms. The Bertz CT molecular complexity index is 1480. The molecule has 5 rings (SSSR count). The maximum atomic E-state index is 13.5. The van der Waals surface area contributed by atoms with Gasteiger partial charge in [-0.05, 0) is 76.5 Å². The number of halogens is 3. The van der Waals surface area contributed by atoms with E-state index in [4.69, 9.17) is 9.72 Å². The van der Waals surface area contributed by atoms with Gasteiger partial charge in [0.1, 0.15) is 16.7 Å². The van der Waals surface area contributed by atoms with Gasteiger partial charge in [-0.2, -0.15) is 13.2 Å². The highest BCUT2D eigenvalue weighted by atomic mass is 32.2. The molecule has 2 fully saturated rings. The molecule has 2 aliphatic heterocycles. The number of alkyl halides is 3. The third-order valence-electron chi connectivity index (χ3n) is 8.57. The van der Waals surface area contributed by atoms with Crippen LogP contribution < -0.4 is 19.7 Å². The molecule has 3 aliphatic rings. The summed E-state index contributed by atoms with van der Waals surface area (Å²) in [6, 6.07) is 4.77. The summed E-state index contributed by atoms with van der Waals surface area (Å²) in [5.74, 6) is 1.10. The van der Waals surface area contributed by atoms with E-state index in [0.717, 1.165) is 25.7 Å². The van der Waals surface area contributed by atoms with Crippen LogP contribution in [0.3, 0.4) is 0 Å². The van der Waals surface area contributed by atoms with Gasteiger partial charge in [-0.15, -0.1) is 5.10 Å². The summed E-state index contributed by atoms with van der Waals surface area (Å²) in [6.45, 7) is 17.0. The highest BCUT2D eigenvalue weighted by molar-refractivity contribution is 7.99. The van der Waals surface area contributed by atoms with Crippen molar-refractivity contribution in [3.63, 3.8) is 0 Å². The summed E-state index contributed by atoms with van der Waals surface area (Å²) < 4.78 is 62.4. The first-order valence-corrected chi connectivity index (χ1v) is 16.9. The second kappa shape index (κ2) is 14.4. The number of aromatic nitrogens is 3. The summed E-state index contributed by atoms with van der Waals surface area (Å²) in [6.07, 6.45) is 2.60. The molecule has 2 atom stereocenters. The molecule has 10 nitrogen and oxygen atoms in total. The molecule has 2 aromatic heterocycles. The van der Waals surface area contributed by atoms with Gasteiger partial charge in [0.15, 0.2) is 16.8 Å². The average molecular weight is 664 g/mol. The topological polar surface area (TPSA) is 114 Å². The standard InChI is InChI=1S/C30H38F3N7O3S.C2H6/c1-5-25-35-20(2)34-15-7-6-8-21-18-28(3,4)39(19-21)26-22(27(41)38-44(25)42)9-10-23(36-26)40-16-11-24(37-40)43-17-14-29(12-13-29)30(31,32)33;1-2/h5,9-11,16,21,34H,1-2,6-8,12-15,17-19H2,3-4H3,(H,38,41);1-2H3/b35-25+;. The Balaban J connectivity index is 0.00000235. The molecule has 1 saturated heterocycles. The van der Waals surface area contributed by atoms with E-state index in [2.05, 4.69) is 52.0 Å². The lowest BCUT2D eigenvalue weighted by molar-refractivity contribution is -0.190. The van der Waals surface area contributed by atoms with Crippen LogP contribution in [0.4, 0.5) is 19.0 Å². The first-order chi connectivity index (χ1) is 21.8. The number of pyridine rings is 1. The highest BCUT2D eigenvalue weighted by Crippen LogP contribution is 2.59. The number of fused-ring (bicyclic) bond motifs is 4. The number of aliphatic imine (C=N–C) groups is 1. The second-order valence-electron chi connectivity index (χ2n) is 12.2. The molecule has 4 heterocycles. The second-order valence-corrected chi connectivity index (χ2v) is 13.4. The average Bonchev–Trinajstić information content (AvgIpc) is 3.56. The molecule has 2 unspecified atom stereocenters. The van der Waals surface area contributed by atoms with Crippen molar-refractivity contribution in [2.24, 2.45) is 16.3 Å². The maximum Gasteiger partial charge on any atom is 0.394 e. The van der Waals surface area contributed by atoms with Crippen LogP contribution in [0.2, 0.25) is 0 Å². The monoisotopic (exact) mass is 663 g/mol. The lowest BCUT2D eigenvalue weighted by Crippen LogP contribution is -2.41. The van der Waals surface area contributed by atoms with Crippen molar-refractivity contribution in [1.29, 1.82) is 0 Å². The van der Waals surface area contributed by atoms with Crippen LogP contribution in [0.1, 0.15) is 83.0 Å². The van der Waals surface area contributed by atoms with Crippen LogP contribution in [-0.2, 0) is 11.0 Å². The number of carbonyl (C=O) groups is 1. The number of hydrogen-bond acceptors (Lipinski definition) is 8. The number of nitrogens with zero attached hydrogens (tertiary/aromatic N) is 5. The number of ether oxygens (including phenoxy) is 1. The van der Waals surface area contributed by atoms with E-state index in [-0.39, 0.29) is 47.9 Å². The lowest BCUT2D eigenvalue weighted by Gasteiger charge is -2.34. The molecule has 1 aliphatic carbocycles. The van der Waals surface area contributed by atoms with Crippen molar-refractivity contribution in [2.45, 2.75) is 84.4 Å². The third-order valence-corrected chi connectivity index (χ3v) is 9.58. The highest BCUT2D eigenvalue weighted by Gasteiger charge is 2.62. The molecule has 1 saturated carbocycles. The quantitative estimate of drug-likeness (QED) is 0.377. The largest absolute Gasteiger partial charge is 0.477 e. The smallest absolute Gasteiger partial charge is 0.394 e. The van der Waals surface area contributed by atoms with Crippen molar-refractivity contribution in [2.75, 3.05) is 24.6 Å². The minimum atomic E-state index is -4.24. The first-order valence-electron chi connectivity index (χ1n) is 15.7. The predicted octanol–water partition coefficient (Wildman–Crippen LogP) is 6.23. The SMILES string of the molecule is C=C/C1=N\C(=C)NCCCCC2CN(c3nc(-n4ccc(OCCC5(C(F)(F)F)CC5)n4)ccc3C(=O)NS1=O)C(C)(C)C2.CC. The van der Waals surface area contributed by atoms with Gasteiger partial charge in [0.2, 0.25) is 5.88 Å². The Labute approximate surface area is 271 Å². The maximum absolute atomic E-state index is 13.5. The zero-order valence-corrected chi connectivity index (χ0v) is 27.8. The number of carbonyl (C=O) groups excluding carboxylic acids is 1. The summed E-state index contributed by atoms with van der Waals surface area (Å²) in [7, 11) is -2.00. The van der Waals surface area contributed by atoms with Crippen LogP contribution >= 0.6 is 0 Å². The fourth-order valence-electron chi connectivity index (χ4n) is 5.91. The minimum absolute atomic E-state index is 0.0579. The minimum Gasteiger partial charge on any atom is -0.477 e. The van der Waals surface area contributed by atoms with Crippen LogP contribution in [-0.4, -0.2) is 61.3 Å². The number of nitrogens with one attached hydrogen (secondary N) is 2. The molecule has 1 amide bonds. The predicted molar refractivity (Wildman–Crippen MR) is 174 cm³/mol. The normalized spacial score (nSPS) is 23.9. The molecule has 0 radical (unpaired) electrons. The van der Waals surface area contributed by atoms with E-state index < -0.39 is 28.5 Å². The molecule has 2 aromatic rings. The van der Waals surface area contributed by atoms with Crippen LogP contribution in [0.5, 0.6) is 5.88 Å². The van der Waals surface area contributed by atoms with Crippen molar-refractivity contribution in [1.82, 2.24) is 24.8 Å². The molecule has 2 bridgehead atoms. The van der Waals surface area contributed by atoms with Crippen molar-refractivity contribution >= 4 is 27.8 Å². The molecule has 0 spiro atoms. The Hall–Kier alpha value is -3.68. The Morgan fingerprint density at radius 3 is 2.61 bits per heavy atom. The van der Waals surface area contributed by atoms with E-state index in [0.29, 0.717) is 36.5 Å². The summed E-state index contributed by atoms with van der Waals surface area (Å²) in [5.41, 5.74) is -1.74. The first kappa shape index (κ1) is 35.2. The van der Waals surface area contributed by atoms with Gasteiger partial charge in [-0.1, -0.05) is 33.4 Å². The van der Waals surface area contributed by atoms with Crippen molar-refractivity contribution in [3.05, 3.63) is 55.0 Å². The molecular weight excluding hydrogens is 619 g/mol. The lowest BCUT2D eigenvalue weighted by atomic mass is 9.93. The number of amides is 1. The number of rotatable bonds is 6. The van der Waals surface area contributed by atoms with Crippen molar-refractivity contribution in [3.8, 4) is 11.7 Å². The van der Waals surface area contributed by atoms with Gasteiger partial charge >= 0.3 is 6.18 Å². The molecule has 2 N–H and O–H groups in total. The van der Waals surface area contributed by atoms with Crippen LogP contribution in [0, 0.1) is 11.3 Å². The van der Waals surface area contributed by atoms with Gasteiger partial charge in [0.05, 0.1) is 17.6 Å². The van der Waals surface area contributed by atoms with Gasteiger partial charge in [0, 0.05) is 30.9 Å². The van der Waals surface area contributed by atoms with E-state index in [1.54, 1.807) is 24.4 Å². The summed E-state index contributed by atoms with van der Waals surface area (Å²) >= 11 is 0. The number of hydrogen-bond donors (Lipinski definition) is 2. The fraction of sp³-hybridized carbons (Fsp3) is 0.562. The van der Waals surface area contributed by atoms with Crippen LogP contribution in [0.15, 0.2) is 54.4 Å². The summed E-state index contributed by atoms with van der Waals surface area (Å²) in [4.78, 5) is 24.7. The van der Waals surface area contributed by atoms with Gasteiger partial charge in [0.25, 0.3) is 5.91 Å². The Kier molecular flexibility index (Phi) is 11.0. The molecule has 46 heavy (non-hydrogen) atoms. The van der Waals surface area contributed by atoms with Crippen LogP contribution in [0.25, 0.3) is 5.82 Å². The zero-order chi connectivity index (χ0) is 33.7. The Morgan fingerprint density at radius 2 is 1.93 bits per heavy atom. The zero-order valence-electron chi connectivity index (χ0n) is 27.0. The molecular formula is C32H44F3N7O3S. The van der Waals surface area contributed by atoms with E-state index >= 15 is 0 Å². The van der Waals surface area contributed by atoms with E-state index in [1.807, 2.05) is 13.8 Å². The van der Waals surface area contributed by atoms with Crippen molar-refractivity contribution < 1.29 is 26.9 Å². The Morgan fingerprint density at radius 1 is 1.20 bits per heavy atom. The van der Waals surface area contributed by atoms with E-state index in [9.17, 15) is 22.2 Å². The van der Waals surface area contributed by atoms with E-state index in [1.165, 1.54) is 10.8 Å². The van der Waals surface area contributed by atoms with Gasteiger partial charge in [-0.25, -0.2) is 18.9 Å². The fourth-order valence-corrected chi connectivity index (χ4v) is 6.64. The third kappa shape index (κ3) is 7.99. The van der Waals surface area contributed by atoms with Gasteiger partial charge in [-0.3, -0.25) is 9.52 Å². The molecule has 0 aromatic carbocycles.